The highest BCUT2D eigenvalue weighted by Crippen LogP contribution is 2.33. The number of aromatic nitrogens is 2. The summed E-state index contributed by atoms with van der Waals surface area (Å²) in [5.41, 5.74) is 3.86. The van der Waals surface area contributed by atoms with Gasteiger partial charge in [-0.1, -0.05) is 24.6 Å². The number of nitrogens with one attached hydrogen (secondary N) is 2. The number of para-hydroxylation sites is 2. The van der Waals surface area contributed by atoms with E-state index >= 15 is 0 Å². The first-order valence-corrected chi connectivity index (χ1v) is 11.3. The molecule has 33 heavy (non-hydrogen) atoms. The van der Waals surface area contributed by atoms with E-state index in [0.717, 1.165) is 49.3 Å². The molecular weight excluding hydrogens is 416 g/mol. The quantitative estimate of drug-likeness (QED) is 0.594. The third-order valence-electron chi connectivity index (χ3n) is 5.90. The minimum Gasteiger partial charge on any atom is -0.388 e. The number of fused-ring (bicyclic) bond motifs is 1. The van der Waals surface area contributed by atoms with Crippen molar-refractivity contribution >= 4 is 29.4 Å². The Kier molecular flexibility index (Phi) is 10.6. The van der Waals surface area contributed by atoms with Crippen molar-refractivity contribution in [2.45, 2.75) is 44.6 Å². The molecule has 0 saturated heterocycles. The van der Waals surface area contributed by atoms with Crippen LogP contribution in [0, 0.1) is 0 Å². The van der Waals surface area contributed by atoms with Gasteiger partial charge in [0.15, 0.2) is 0 Å². The van der Waals surface area contributed by atoms with Gasteiger partial charge in [0.25, 0.3) is 5.91 Å². The van der Waals surface area contributed by atoms with Crippen LogP contribution in [0.25, 0.3) is 11.0 Å². The number of rotatable bonds is 5. The van der Waals surface area contributed by atoms with Gasteiger partial charge in [0.2, 0.25) is 0 Å². The smallest absolute Gasteiger partial charge is 0.251 e. The van der Waals surface area contributed by atoms with Crippen LogP contribution in [0.4, 0.5) is 5.69 Å². The lowest BCUT2D eigenvalue weighted by molar-refractivity contribution is -0.0980. The summed E-state index contributed by atoms with van der Waals surface area (Å²) in [6.45, 7) is 4.78. The highest BCUT2D eigenvalue weighted by molar-refractivity contribution is 5.95. The number of carbonyl (C=O) groups excluding carboxylic acids is 2. The van der Waals surface area contributed by atoms with Gasteiger partial charge in [-0.25, -0.2) is 4.98 Å². The predicted molar refractivity (Wildman–Crippen MR) is 134 cm³/mol. The molecule has 0 radical (unpaired) electrons. The summed E-state index contributed by atoms with van der Waals surface area (Å²) in [5, 5.41) is 6.32. The molecule has 1 aliphatic carbocycles. The van der Waals surface area contributed by atoms with Crippen LogP contribution in [-0.4, -0.2) is 49.1 Å². The molecule has 0 spiro atoms. The van der Waals surface area contributed by atoms with Crippen LogP contribution in [0.3, 0.4) is 0 Å². The van der Waals surface area contributed by atoms with Crippen LogP contribution in [0.2, 0.25) is 0 Å². The maximum atomic E-state index is 12.7. The van der Waals surface area contributed by atoms with Crippen molar-refractivity contribution < 1.29 is 14.3 Å². The normalized spacial score (nSPS) is 17.2. The van der Waals surface area contributed by atoms with Crippen molar-refractivity contribution in [3.63, 3.8) is 0 Å². The van der Waals surface area contributed by atoms with Gasteiger partial charge in [0.1, 0.15) is 12.6 Å². The van der Waals surface area contributed by atoms with Crippen molar-refractivity contribution in [1.29, 1.82) is 0 Å². The van der Waals surface area contributed by atoms with Crippen LogP contribution in [0.15, 0.2) is 48.5 Å². The summed E-state index contributed by atoms with van der Waals surface area (Å²) < 4.78 is 6.75. The Hall–Kier alpha value is -3.19. The SMILES string of the molecule is C=O.CCOC.CNc1cccc(C(=O)NC2CCCC(c3nc4ccccc4n3C)C2)c1. The average Bonchev–Trinajstić information content (AvgIpc) is 3.22. The number of amides is 1. The number of imidazole rings is 1. The van der Waals surface area contributed by atoms with E-state index in [0.29, 0.717) is 11.5 Å². The Morgan fingerprint density at radius 2 is 1.91 bits per heavy atom. The van der Waals surface area contributed by atoms with Crippen molar-refractivity contribution in [1.82, 2.24) is 14.9 Å². The Labute approximate surface area is 196 Å². The number of methoxy groups -OCH3 is 1. The fourth-order valence-corrected chi connectivity index (χ4v) is 4.17. The van der Waals surface area contributed by atoms with E-state index in [9.17, 15) is 4.79 Å². The van der Waals surface area contributed by atoms with E-state index in [1.165, 1.54) is 5.52 Å². The largest absolute Gasteiger partial charge is 0.388 e. The molecule has 0 aliphatic heterocycles. The van der Waals surface area contributed by atoms with Crippen molar-refractivity contribution in [2.75, 3.05) is 26.1 Å². The fraction of sp³-hybridized carbons (Fsp3) is 0.423. The number of carbonyl (C=O) groups is 2. The summed E-state index contributed by atoms with van der Waals surface area (Å²) in [6, 6.07) is 16.1. The monoisotopic (exact) mass is 452 g/mol. The Bertz CT molecular complexity index is 1020. The second-order valence-corrected chi connectivity index (χ2v) is 7.96. The first kappa shape index (κ1) is 26.1. The maximum absolute atomic E-state index is 12.7. The minimum absolute atomic E-state index is 0.00255. The van der Waals surface area contributed by atoms with Gasteiger partial charge in [0.05, 0.1) is 11.0 Å². The van der Waals surface area contributed by atoms with Crippen molar-refractivity contribution in [2.24, 2.45) is 7.05 Å². The van der Waals surface area contributed by atoms with E-state index in [1.54, 1.807) is 7.11 Å². The molecule has 1 aliphatic rings. The van der Waals surface area contributed by atoms with Gasteiger partial charge in [-0.05, 0) is 56.5 Å². The lowest BCUT2D eigenvalue weighted by Gasteiger charge is -2.29. The Morgan fingerprint density at radius 1 is 1.18 bits per heavy atom. The molecule has 2 N–H and O–H groups in total. The molecule has 7 heteroatoms. The first-order valence-electron chi connectivity index (χ1n) is 11.3. The van der Waals surface area contributed by atoms with E-state index in [4.69, 9.17) is 9.78 Å². The maximum Gasteiger partial charge on any atom is 0.251 e. The zero-order valence-electron chi connectivity index (χ0n) is 20.1. The molecular formula is C26H36N4O3. The van der Waals surface area contributed by atoms with Crippen LogP contribution >= 0.6 is 0 Å². The molecule has 1 fully saturated rings. The summed E-state index contributed by atoms with van der Waals surface area (Å²) in [4.78, 5) is 25.5. The molecule has 1 saturated carbocycles. The Balaban J connectivity index is 0.000000582. The molecule has 1 amide bonds. The number of benzene rings is 2. The molecule has 2 unspecified atom stereocenters. The van der Waals surface area contributed by atoms with Gasteiger partial charge in [-0.15, -0.1) is 0 Å². The first-order chi connectivity index (χ1) is 16.1. The number of hydrogen-bond donors (Lipinski definition) is 2. The molecule has 3 aromatic rings. The minimum atomic E-state index is 0.00255. The second kappa shape index (κ2) is 13.4. The number of hydrogen-bond acceptors (Lipinski definition) is 5. The van der Waals surface area contributed by atoms with E-state index in [2.05, 4.69) is 45.2 Å². The highest BCUT2D eigenvalue weighted by Gasteiger charge is 2.28. The summed E-state index contributed by atoms with van der Waals surface area (Å²) in [6.07, 6.45) is 4.20. The molecule has 1 heterocycles. The zero-order valence-corrected chi connectivity index (χ0v) is 20.1. The molecule has 178 valence electrons. The summed E-state index contributed by atoms with van der Waals surface area (Å²) in [7, 11) is 5.63. The fourth-order valence-electron chi connectivity index (χ4n) is 4.17. The van der Waals surface area contributed by atoms with Gasteiger partial charge in [0, 0.05) is 51.0 Å². The molecule has 2 atom stereocenters. The zero-order chi connectivity index (χ0) is 24.2. The molecule has 4 rings (SSSR count). The molecule has 0 bridgehead atoms. The van der Waals surface area contributed by atoms with Crippen LogP contribution < -0.4 is 10.6 Å². The predicted octanol–water partition coefficient (Wildman–Crippen LogP) is 4.54. The van der Waals surface area contributed by atoms with E-state index in [1.807, 2.05) is 51.1 Å². The summed E-state index contributed by atoms with van der Waals surface area (Å²) >= 11 is 0. The third-order valence-corrected chi connectivity index (χ3v) is 5.90. The number of anilines is 1. The van der Waals surface area contributed by atoms with Crippen molar-refractivity contribution in [3.8, 4) is 0 Å². The third kappa shape index (κ3) is 6.89. The topological polar surface area (TPSA) is 85.2 Å². The van der Waals surface area contributed by atoms with Crippen LogP contribution in [-0.2, 0) is 16.6 Å². The van der Waals surface area contributed by atoms with Gasteiger partial charge >= 0.3 is 0 Å². The highest BCUT2D eigenvalue weighted by atomic mass is 16.5. The van der Waals surface area contributed by atoms with Gasteiger partial charge in [-0.2, -0.15) is 0 Å². The average molecular weight is 453 g/mol. The number of aryl methyl sites for hydroxylation is 1. The lowest BCUT2D eigenvalue weighted by atomic mass is 9.85. The van der Waals surface area contributed by atoms with Gasteiger partial charge < -0.3 is 24.7 Å². The summed E-state index contributed by atoms with van der Waals surface area (Å²) in [5.74, 6) is 1.51. The lowest BCUT2D eigenvalue weighted by Crippen LogP contribution is -2.38. The standard InChI is InChI=1S/C22H26N4O.C3H8O.CH2O/c1-23-17-9-6-8-16(14-17)22(27)24-18-10-5-7-15(13-18)21-25-19-11-3-4-12-20(19)26(21)2;1-3-4-2;1-2/h3-4,6,8-9,11-12,14-15,18,23H,5,7,10,13H2,1-2H3,(H,24,27);3H2,1-2H3;1H2. The van der Waals surface area contributed by atoms with Gasteiger partial charge in [-0.3, -0.25) is 4.79 Å². The van der Waals surface area contributed by atoms with Crippen molar-refractivity contribution in [3.05, 3.63) is 59.9 Å². The second-order valence-electron chi connectivity index (χ2n) is 7.96. The van der Waals surface area contributed by atoms with Crippen LogP contribution in [0.1, 0.15) is 54.7 Å². The van der Waals surface area contributed by atoms with E-state index in [-0.39, 0.29) is 11.9 Å². The van der Waals surface area contributed by atoms with Crippen LogP contribution in [0.5, 0.6) is 0 Å². The molecule has 2 aromatic carbocycles. The number of nitrogens with zero attached hydrogens (tertiary/aromatic N) is 2. The molecule has 1 aromatic heterocycles. The van der Waals surface area contributed by atoms with E-state index < -0.39 is 0 Å². The molecule has 7 nitrogen and oxygen atoms in total. The Morgan fingerprint density at radius 3 is 2.58 bits per heavy atom. The number of ether oxygens (including phenoxy) is 1.